The number of aliphatic carboxylic acids is 1. The minimum absolute atomic E-state index is 0.0101. The summed E-state index contributed by atoms with van der Waals surface area (Å²) in [5, 5.41) is 38.0. The Balaban J connectivity index is 0.952. The molecule has 15 heteroatoms. The number of pyridine rings is 1. The lowest BCUT2D eigenvalue weighted by molar-refractivity contribution is -0.248. The molecule has 0 radical (unpaired) electrons. The second kappa shape index (κ2) is 14.6. The molecule has 59 heavy (non-hydrogen) atoms. The fraction of sp³-hybridized carbons (Fsp3) is 0.523. The van der Waals surface area contributed by atoms with Crippen molar-refractivity contribution < 1.29 is 24.5 Å². The number of thiazole rings is 1. The maximum atomic E-state index is 12.9. The Morgan fingerprint density at radius 3 is 2.47 bits per heavy atom. The number of nitrogens with zero attached hydrogens (tertiary/aromatic N) is 8. The number of anilines is 4. The molecule has 310 valence electrons. The predicted octanol–water partition coefficient (Wildman–Crippen LogP) is 8.03. The van der Waals surface area contributed by atoms with Gasteiger partial charge in [0.2, 0.25) is 0 Å². The van der Waals surface area contributed by atoms with Crippen LogP contribution in [0.15, 0.2) is 42.6 Å². The van der Waals surface area contributed by atoms with Crippen molar-refractivity contribution in [2.24, 2.45) is 16.2 Å². The summed E-state index contributed by atoms with van der Waals surface area (Å²) in [5.41, 5.74) is 5.24. The summed E-state index contributed by atoms with van der Waals surface area (Å²) in [6.45, 7) is 12.1. The standard InChI is InChI=1S/C44H53N9O5S/c1-27-29-9-8-15-52(38(29)50-49-37(27)48-40-46-32-10-6-7-11-33(32)59-40)34-13-12-30(36(47-34)39(56)57)31-19-45-53(28(31)2)26-43-21-41(3)20-42(4,22-43)24-44(23-41,25-43)58-18-17-51(5)16-14-35(54)55/h6-7,10-13,19H,8-9,14-18,20-26H2,1-5H3,(H,54,55)(H,56,57)(H,46,48,49). The Hall–Kier alpha value is -4.99. The second-order valence-corrected chi connectivity index (χ2v) is 19.7. The van der Waals surface area contributed by atoms with Crippen LogP contribution in [0.1, 0.15) is 92.5 Å². The Kier molecular flexibility index (Phi) is 9.79. The molecule has 4 aliphatic carbocycles. The number of hydrogen-bond donors (Lipinski definition) is 3. The van der Waals surface area contributed by atoms with Gasteiger partial charge in [-0.05, 0) is 113 Å². The summed E-state index contributed by atoms with van der Waals surface area (Å²) < 4.78 is 10.1. The number of aromatic carboxylic acids is 1. The van der Waals surface area contributed by atoms with Crippen LogP contribution in [0.2, 0.25) is 0 Å². The van der Waals surface area contributed by atoms with Gasteiger partial charge in [0, 0.05) is 54.1 Å². The first-order valence-electron chi connectivity index (χ1n) is 20.7. The van der Waals surface area contributed by atoms with Gasteiger partial charge in [0.25, 0.3) is 0 Å². The van der Waals surface area contributed by atoms with Gasteiger partial charge >= 0.3 is 11.9 Å². The van der Waals surface area contributed by atoms with Crippen LogP contribution in [0.4, 0.5) is 22.6 Å². The molecule has 10 rings (SSSR count). The molecular weight excluding hydrogens is 767 g/mol. The Morgan fingerprint density at radius 1 is 0.949 bits per heavy atom. The van der Waals surface area contributed by atoms with Crippen molar-refractivity contribution in [3.05, 3.63) is 65.1 Å². The lowest BCUT2D eigenvalue weighted by Gasteiger charge is -2.69. The van der Waals surface area contributed by atoms with Crippen LogP contribution in [-0.2, 0) is 22.5 Å². The number of likely N-dealkylation sites (N-methyl/N-ethyl adjacent to an activating group) is 1. The van der Waals surface area contributed by atoms with E-state index in [4.69, 9.17) is 24.9 Å². The Bertz CT molecular complexity index is 2410. The fourth-order valence-electron chi connectivity index (χ4n) is 12.1. The minimum atomic E-state index is -1.10. The highest BCUT2D eigenvalue weighted by atomic mass is 32.1. The van der Waals surface area contributed by atoms with Crippen molar-refractivity contribution in [2.45, 2.75) is 97.6 Å². The van der Waals surface area contributed by atoms with Crippen molar-refractivity contribution in [2.75, 3.05) is 43.5 Å². The number of fused-ring (bicyclic) bond motifs is 2. The summed E-state index contributed by atoms with van der Waals surface area (Å²) in [6.07, 6.45) is 10.0. The third kappa shape index (κ3) is 7.46. The number of carboxylic acid groups (broad SMARTS) is 2. The van der Waals surface area contributed by atoms with Gasteiger partial charge < -0.3 is 30.1 Å². The zero-order chi connectivity index (χ0) is 41.3. The van der Waals surface area contributed by atoms with E-state index in [9.17, 15) is 14.7 Å². The highest BCUT2D eigenvalue weighted by molar-refractivity contribution is 7.22. The molecule has 4 bridgehead atoms. The van der Waals surface area contributed by atoms with Gasteiger partial charge in [-0.25, -0.2) is 14.8 Å². The van der Waals surface area contributed by atoms with E-state index < -0.39 is 11.9 Å². The average molecular weight is 820 g/mol. The zero-order valence-corrected chi connectivity index (χ0v) is 35.4. The molecule has 3 N–H and O–H groups in total. The molecule has 2 atom stereocenters. The Labute approximate surface area is 348 Å². The van der Waals surface area contributed by atoms with Crippen molar-refractivity contribution in [1.82, 2.24) is 34.8 Å². The van der Waals surface area contributed by atoms with Gasteiger partial charge in [0.15, 0.2) is 22.5 Å². The van der Waals surface area contributed by atoms with Crippen LogP contribution in [-0.4, -0.2) is 95.9 Å². The molecule has 2 unspecified atom stereocenters. The van der Waals surface area contributed by atoms with E-state index >= 15 is 0 Å². The monoisotopic (exact) mass is 819 g/mol. The van der Waals surface area contributed by atoms with E-state index in [0.717, 1.165) is 89.2 Å². The van der Waals surface area contributed by atoms with Crippen LogP contribution in [0.3, 0.4) is 0 Å². The number of nitrogens with one attached hydrogen (secondary N) is 1. The molecule has 1 aliphatic heterocycles. The van der Waals surface area contributed by atoms with E-state index in [2.05, 4.69) is 34.0 Å². The first-order valence-corrected chi connectivity index (χ1v) is 21.5. The minimum Gasteiger partial charge on any atom is -0.481 e. The molecule has 5 heterocycles. The normalized spacial score (nSPS) is 25.8. The van der Waals surface area contributed by atoms with Crippen molar-refractivity contribution >= 4 is 56.1 Å². The number of aromatic nitrogens is 6. The molecular formula is C44H53N9O5S. The number of benzene rings is 1. The molecule has 5 aromatic rings. The smallest absolute Gasteiger partial charge is 0.355 e. The lowest BCUT2D eigenvalue weighted by atomic mass is 9.39. The summed E-state index contributed by atoms with van der Waals surface area (Å²) >= 11 is 1.57. The molecule has 4 saturated carbocycles. The van der Waals surface area contributed by atoms with Crippen molar-refractivity contribution in [3.8, 4) is 11.1 Å². The quantitative estimate of drug-likeness (QED) is 0.0985. The SMILES string of the molecule is Cc1c(Nc2nc3ccccc3s2)nnc2c1CCCN2c1ccc(-c2cnn(CC34CC5(C)CC(C)(C3)CC(OCCN(C)CCC(=O)O)(C5)C4)c2C)c(C(=O)O)n1. The van der Waals surface area contributed by atoms with Gasteiger partial charge in [-0.1, -0.05) is 37.3 Å². The number of carbonyl (C=O) groups is 2. The first kappa shape index (κ1) is 39.5. The van der Waals surface area contributed by atoms with Gasteiger partial charge in [-0.2, -0.15) is 5.10 Å². The number of hydrogen-bond acceptors (Lipinski definition) is 12. The van der Waals surface area contributed by atoms with E-state index in [1.807, 2.05) is 67.1 Å². The molecule has 0 amide bonds. The lowest BCUT2D eigenvalue weighted by Crippen LogP contribution is -2.64. The predicted molar refractivity (Wildman–Crippen MR) is 227 cm³/mol. The average Bonchev–Trinajstić information content (AvgIpc) is 3.74. The Morgan fingerprint density at radius 2 is 1.73 bits per heavy atom. The van der Waals surface area contributed by atoms with Crippen LogP contribution in [0.25, 0.3) is 21.3 Å². The molecule has 4 fully saturated rings. The van der Waals surface area contributed by atoms with Crippen molar-refractivity contribution in [1.29, 1.82) is 0 Å². The highest BCUT2D eigenvalue weighted by Crippen LogP contribution is 2.72. The maximum Gasteiger partial charge on any atom is 0.355 e. The summed E-state index contributed by atoms with van der Waals surface area (Å²) in [6, 6.07) is 11.8. The number of para-hydroxylation sites is 1. The number of carboxylic acids is 2. The molecule has 0 spiro atoms. The fourth-order valence-corrected chi connectivity index (χ4v) is 12.9. The van der Waals surface area contributed by atoms with Crippen LogP contribution >= 0.6 is 11.3 Å². The van der Waals surface area contributed by atoms with Crippen LogP contribution in [0.5, 0.6) is 0 Å². The number of rotatable bonds is 14. The molecule has 1 aromatic carbocycles. The molecule has 5 aliphatic rings. The van der Waals surface area contributed by atoms with Gasteiger partial charge in [0.05, 0.1) is 35.0 Å². The second-order valence-electron chi connectivity index (χ2n) is 18.7. The van der Waals surface area contributed by atoms with Crippen molar-refractivity contribution in [3.63, 3.8) is 0 Å². The third-order valence-electron chi connectivity index (χ3n) is 13.4. The summed E-state index contributed by atoms with van der Waals surface area (Å²) in [5.74, 6) is -0.0205. The first-order chi connectivity index (χ1) is 28.1. The van der Waals surface area contributed by atoms with Gasteiger partial charge in [-0.3, -0.25) is 9.48 Å². The van der Waals surface area contributed by atoms with E-state index in [0.29, 0.717) is 49.3 Å². The number of ether oxygens (including phenoxy) is 1. The zero-order valence-electron chi connectivity index (χ0n) is 34.5. The summed E-state index contributed by atoms with van der Waals surface area (Å²) in [7, 11) is 1.95. The van der Waals surface area contributed by atoms with E-state index in [1.54, 1.807) is 17.5 Å². The van der Waals surface area contributed by atoms with Gasteiger partial charge in [-0.15, -0.1) is 10.2 Å². The molecule has 0 saturated heterocycles. The van der Waals surface area contributed by atoms with Gasteiger partial charge in [0.1, 0.15) is 5.82 Å². The molecule has 14 nitrogen and oxygen atoms in total. The largest absolute Gasteiger partial charge is 0.481 e. The molecule has 4 aromatic heterocycles. The highest BCUT2D eigenvalue weighted by Gasteiger charge is 2.66. The summed E-state index contributed by atoms with van der Waals surface area (Å²) in [4.78, 5) is 37.5. The third-order valence-corrected chi connectivity index (χ3v) is 14.3. The topological polar surface area (TPSA) is 172 Å². The van der Waals surface area contributed by atoms with Crippen LogP contribution < -0.4 is 10.2 Å². The van der Waals surface area contributed by atoms with E-state index in [-0.39, 0.29) is 34.0 Å². The van der Waals surface area contributed by atoms with E-state index in [1.165, 1.54) is 6.42 Å². The van der Waals surface area contributed by atoms with Crippen LogP contribution in [0, 0.1) is 30.1 Å². The maximum absolute atomic E-state index is 12.9.